The van der Waals surface area contributed by atoms with E-state index in [1.54, 1.807) is 6.07 Å². The van der Waals surface area contributed by atoms with Crippen LogP contribution >= 0.6 is 11.8 Å². The standard InChI is InChI=1S/C9H11N3O3S/c1-7(13)10-4-5-16-9-3-2-8(6-11-9)12(14)15/h2-3,6H,4-5H2,1H3,(H,10,13). The number of thioether (sulfide) groups is 1. The average molecular weight is 241 g/mol. The minimum atomic E-state index is -0.487. The second-order valence-corrected chi connectivity index (χ2v) is 4.06. The quantitative estimate of drug-likeness (QED) is 0.362. The van der Waals surface area contributed by atoms with Gasteiger partial charge in [0.05, 0.1) is 9.95 Å². The average Bonchev–Trinajstić information content (AvgIpc) is 2.25. The molecule has 7 heteroatoms. The summed E-state index contributed by atoms with van der Waals surface area (Å²) in [5.41, 5.74) is -0.0220. The molecule has 1 amide bonds. The first-order valence-electron chi connectivity index (χ1n) is 4.57. The molecule has 16 heavy (non-hydrogen) atoms. The monoisotopic (exact) mass is 241 g/mol. The molecule has 0 unspecified atom stereocenters. The molecule has 0 bridgehead atoms. The van der Waals surface area contributed by atoms with E-state index in [0.717, 1.165) is 0 Å². The van der Waals surface area contributed by atoms with Gasteiger partial charge in [0, 0.05) is 25.3 Å². The first kappa shape index (κ1) is 12.4. The summed E-state index contributed by atoms with van der Waals surface area (Å²) in [5, 5.41) is 13.7. The van der Waals surface area contributed by atoms with Crippen LogP contribution in [0.4, 0.5) is 5.69 Å². The molecule has 1 aromatic rings. The summed E-state index contributed by atoms with van der Waals surface area (Å²) < 4.78 is 0. The van der Waals surface area contributed by atoms with Gasteiger partial charge in [-0.15, -0.1) is 11.8 Å². The number of amides is 1. The van der Waals surface area contributed by atoms with Gasteiger partial charge in [-0.25, -0.2) is 4.98 Å². The fourth-order valence-corrected chi connectivity index (χ4v) is 1.65. The number of carbonyl (C=O) groups is 1. The van der Waals surface area contributed by atoms with Gasteiger partial charge in [-0.2, -0.15) is 0 Å². The van der Waals surface area contributed by atoms with Crippen LogP contribution in [0.2, 0.25) is 0 Å². The zero-order valence-electron chi connectivity index (χ0n) is 8.67. The van der Waals surface area contributed by atoms with Crippen LogP contribution < -0.4 is 5.32 Å². The van der Waals surface area contributed by atoms with E-state index in [4.69, 9.17) is 0 Å². The number of nitrogens with one attached hydrogen (secondary N) is 1. The zero-order valence-corrected chi connectivity index (χ0v) is 9.49. The van der Waals surface area contributed by atoms with Crippen LogP contribution in [0.1, 0.15) is 6.92 Å². The number of rotatable bonds is 5. The van der Waals surface area contributed by atoms with Crippen molar-refractivity contribution >= 4 is 23.4 Å². The van der Waals surface area contributed by atoms with Crippen molar-refractivity contribution in [1.29, 1.82) is 0 Å². The van der Waals surface area contributed by atoms with E-state index in [2.05, 4.69) is 10.3 Å². The molecule has 86 valence electrons. The molecule has 0 spiro atoms. The Balaban J connectivity index is 2.38. The maximum atomic E-state index is 10.6. The van der Waals surface area contributed by atoms with Gasteiger partial charge in [-0.1, -0.05) is 0 Å². The molecule has 1 heterocycles. The minimum Gasteiger partial charge on any atom is -0.356 e. The maximum absolute atomic E-state index is 10.6. The van der Waals surface area contributed by atoms with Crippen LogP contribution in [-0.4, -0.2) is 28.1 Å². The van der Waals surface area contributed by atoms with Gasteiger partial charge in [-0.3, -0.25) is 14.9 Å². The Labute approximate surface area is 96.6 Å². The van der Waals surface area contributed by atoms with Crippen LogP contribution in [-0.2, 0) is 4.79 Å². The Bertz CT molecular complexity index is 380. The number of nitro groups is 1. The lowest BCUT2D eigenvalue weighted by Gasteiger charge is -2.01. The Morgan fingerprint density at radius 2 is 2.38 bits per heavy atom. The summed E-state index contributed by atoms with van der Waals surface area (Å²) in [7, 11) is 0. The molecule has 0 aliphatic heterocycles. The van der Waals surface area contributed by atoms with E-state index in [1.165, 1.54) is 30.9 Å². The van der Waals surface area contributed by atoms with Gasteiger partial charge in [0.2, 0.25) is 5.91 Å². The number of aromatic nitrogens is 1. The Morgan fingerprint density at radius 1 is 1.62 bits per heavy atom. The predicted molar refractivity (Wildman–Crippen MR) is 60.3 cm³/mol. The van der Waals surface area contributed by atoms with E-state index < -0.39 is 4.92 Å². The molecule has 0 saturated carbocycles. The molecular formula is C9H11N3O3S. The van der Waals surface area contributed by atoms with E-state index in [0.29, 0.717) is 17.3 Å². The van der Waals surface area contributed by atoms with Crippen molar-refractivity contribution in [2.45, 2.75) is 11.9 Å². The van der Waals surface area contributed by atoms with Crippen LogP contribution in [0.25, 0.3) is 0 Å². The van der Waals surface area contributed by atoms with Crippen molar-refractivity contribution in [3.05, 3.63) is 28.4 Å². The normalized spacial score (nSPS) is 9.81. The van der Waals surface area contributed by atoms with Gasteiger partial charge in [0.15, 0.2) is 0 Å². The molecule has 1 N–H and O–H groups in total. The topological polar surface area (TPSA) is 85.1 Å². The Morgan fingerprint density at radius 3 is 2.88 bits per heavy atom. The molecule has 6 nitrogen and oxygen atoms in total. The lowest BCUT2D eigenvalue weighted by Crippen LogP contribution is -2.22. The highest BCUT2D eigenvalue weighted by molar-refractivity contribution is 7.99. The van der Waals surface area contributed by atoms with Crippen molar-refractivity contribution in [1.82, 2.24) is 10.3 Å². The van der Waals surface area contributed by atoms with E-state index in [1.807, 2.05) is 0 Å². The number of hydrogen-bond donors (Lipinski definition) is 1. The van der Waals surface area contributed by atoms with Gasteiger partial charge in [0.25, 0.3) is 5.69 Å². The highest BCUT2D eigenvalue weighted by Gasteiger charge is 2.05. The summed E-state index contributed by atoms with van der Waals surface area (Å²) >= 11 is 1.43. The summed E-state index contributed by atoms with van der Waals surface area (Å²) in [6, 6.07) is 3.00. The van der Waals surface area contributed by atoms with Crippen molar-refractivity contribution < 1.29 is 9.72 Å². The highest BCUT2D eigenvalue weighted by Crippen LogP contribution is 2.17. The predicted octanol–water partition coefficient (Wildman–Crippen LogP) is 1.22. The summed E-state index contributed by atoms with van der Waals surface area (Å²) in [4.78, 5) is 24.4. The third-order valence-corrected chi connectivity index (χ3v) is 2.60. The molecule has 0 radical (unpaired) electrons. The first-order chi connectivity index (χ1) is 7.59. The SMILES string of the molecule is CC(=O)NCCSc1ccc([N+](=O)[O-])cn1. The molecule has 0 aromatic carbocycles. The fourth-order valence-electron chi connectivity index (χ4n) is 0.949. The largest absolute Gasteiger partial charge is 0.356 e. The highest BCUT2D eigenvalue weighted by atomic mass is 32.2. The lowest BCUT2D eigenvalue weighted by molar-refractivity contribution is -0.385. The van der Waals surface area contributed by atoms with E-state index in [9.17, 15) is 14.9 Å². The third kappa shape index (κ3) is 4.26. The summed E-state index contributed by atoms with van der Waals surface area (Å²) in [6.07, 6.45) is 1.22. The summed E-state index contributed by atoms with van der Waals surface area (Å²) in [6.45, 7) is 2.01. The first-order valence-corrected chi connectivity index (χ1v) is 5.56. The van der Waals surface area contributed by atoms with Crippen molar-refractivity contribution in [2.24, 2.45) is 0 Å². The smallest absolute Gasteiger partial charge is 0.287 e. The molecular weight excluding hydrogens is 230 g/mol. The molecule has 0 fully saturated rings. The third-order valence-electron chi connectivity index (χ3n) is 1.66. The second kappa shape index (κ2) is 6.06. The number of carbonyl (C=O) groups excluding carboxylic acids is 1. The van der Waals surface area contributed by atoms with Crippen molar-refractivity contribution in [3.8, 4) is 0 Å². The van der Waals surface area contributed by atoms with Crippen molar-refractivity contribution in [3.63, 3.8) is 0 Å². The Hall–Kier alpha value is -1.63. The fraction of sp³-hybridized carbons (Fsp3) is 0.333. The maximum Gasteiger partial charge on any atom is 0.287 e. The van der Waals surface area contributed by atoms with Crippen LogP contribution in [0, 0.1) is 10.1 Å². The van der Waals surface area contributed by atoms with Crippen molar-refractivity contribution in [2.75, 3.05) is 12.3 Å². The molecule has 0 saturated heterocycles. The molecule has 1 rings (SSSR count). The summed E-state index contributed by atoms with van der Waals surface area (Å²) in [5.74, 6) is 0.613. The molecule has 0 aliphatic carbocycles. The van der Waals surface area contributed by atoms with Gasteiger partial charge < -0.3 is 5.32 Å². The number of nitrogens with zero attached hydrogens (tertiary/aromatic N) is 2. The molecule has 0 atom stereocenters. The second-order valence-electron chi connectivity index (χ2n) is 2.94. The molecule has 1 aromatic heterocycles. The van der Waals surface area contributed by atoms with E-state index in [-0.39, 0.29) is 11.6 Å². The van der Waals surface area contributed by atoms with Crippen LogP contribution in [0.15, 0.2) is 23.4 Å². The Kier molecular flexibility index (Phi) is 4.71. The van der Waals surface area contributed by atoms with Crippen LogP contribution in [0.5, 0.6) is 0 Å². The minimum absolute atomic E-state index is 0.0220. The van der Waals surface area contributed by atoms with Gasteiger partial charge in [-0.05, 0) is 6.07 Å². The lowest BCUT2D eigenvalue weighted by atomic mass is 10.4. The van der Waals surface area contributed by atoms with E-state index >= 15 is 0 Å². The number of pyridine rings is 1. The zero-order chi connectivity index (χ0) is 12.0. The molecule has 0 aliphatic rings. The van der Waals surface area contributed by atoms with Gasteiger partial charge in [0.1, 0.15) is 6.20 Å². The van der Waals surface area contributed by atoms with Gasteiger partial charge >= 0.3 is 0 Å². The van der Waals surface area contributed by atoms with Crippen LogP contribution in [0.3, 0.4) is 0 Å². The number of hydrogen-bond acceptors (Lipinski definition) is 5.